The zero-order chi connectivity index (χ0) is 18.1. The number of ether oxygens (including phenoxy) is 1. The van der Waals surface area contributed by atoms with Crippen molar-refractivity contribution < 1.29 is 17.5 Å². The van der Waals surface area contributed by atoms with E-state index >= 15 is 0 Å². The van der Waals surface area contributed by atoms with Gasteiger partial charge in [0, 0.05) is 33.4 Å². The molecule has 0 heterocycles. The Balaban J connectivity index is 0.00000338. The molecule has 148 valence electrons. The Kier molecular flexibility index (Phi) is 10.4. The largest absolute Gasteiger partial charge is 0.381 e. The third-order valence-electron chi connectivity index (χ3n) is 3.87. The van der Waals surface area contributed by atoms with Gasteiger partial charge in [-0.25, -0.2) is 12.8 Å². The Hall–Kier alpha value is -0.940. The van der Waals surface area contributed by atoms with Gasteiger partial charge in [-0.3, -0.25) is 4.99 Å². The lowest BCUT2D eigenvalue weighted by Gasteiger charge is -2.12. The van der Waals surface area contributed by atoms with Gasteiger partial charge >= 0.3 is 0 Å². The minimum atomic E-state index is -3.67. The summed E-state index contributed by atoms with van der Waals surface area (Å²) >= 11 is 0. The van der Waals surface area contributed by atoms with Crippen molar-refractivity contribution in [1.82, 2.24) is 10.6 Å². The average Bonchev–Trinajstić information content (AvgIpc) is 3.40. The van der Waals surface area contributed by atoms with Crippen LogP contribution in [0.5, 0.6) is 0 Å². The van der Waals surface area contributed by atoms with Crippen LogP contribution in [0.3, 0.4) is 0 Å². The van der Waals surface area contributed by atoms with E-state index in [1.54, 1.807) is 7.05 Å². The van der Waals surface area contributed by atoms with E-state index in [1.165, 1.54) is 31.0 Å². The van der Waals surface area contributed by atoms with Crippen LogP contribution in [0, 0.1) is 11.7 Å². The van der Waals surface area contributed by atoms with Crippen molar-refractivity contribution in [1.29, 1.82) is 0 Å². The van der Waals surface area contributed by atoms with E-state index < -0.39 is 15.7 Å². The first-order valence-corrected chi connectivity index (χ1v) is 10.2. The van der Waals surface area contributed by atoms with Crippen molar-refractivity contribution in [3.05, 3.63) is 30.1 Å². The van der Waals surface area contributed by atoms with E-state index in [4.69, 9.17) is 4.74 Å². The topological polar surface area (TPSA) is 79.8 Å². The van der Waals surface area contributed by atoms with Crippen molar-refractivity contribution in [2.24, 2.45) is 10.9 Å². The second-order valence-electron chi connectivity index (χ2n) is 6.05. The molecule has 1 aliphatic carbocycles. The molecule has 1 aromatic rings. The van der Waals surface area contributed by atoms with Gasteiger partial charge in [-0.15, -0.1) is 24.0 Å². The van der Waals surface area contributed by atoms with Crippen molar-refractivity contribution in [2.75, 3.05) is 39.1 Å². The molecule has 0 radical (unpaired) electrons. The summed E-state index contributed by atoms with van der Waals surface area (Å²) in [6.45, 7) is 2.38. The molecule has 26 heavy (non-hydrogen) atoms. The van der Waals surface area contributed by atoms with Crippen LogP contribution in [-0.2, 0) is 14.6 Å². The Bertz CT molecular complexity index is 682. The summed E-state index contributed by atoms with van der Waals surface area (Å²) in [5.74, 6) is 0.347. The zero-order valence-electron chi connectivity index (χ0n) is 14.9. The standard InChI is InChI=1S/C17H26FN3O3S.HI/c1-19-17(20-9-4-11-24-13-14-7-8-14)21-10-12-25(22,23)16-6-3-2-5-15(16)18;/h2-3,5-6,14H,4,7-13H2,1H3,(H2,19,20,21);1H. The van der Waals surface area contributed by atoms with Crippen LogP contribution >= 0.6 is 24.0 Å². The molecule has 0 amide bonds. The van der Waals surface area contributed by atoms with Crippen LogP contribution in [0.15, 0.2) is 34.2 Å². The minimum Gasteiger partial charge on any atom is -0.381 e. The van der Waals surface area contributed by atoms with E-state index in [0.717, 1.165) is 25.0 Å². The molecule has 1 saturated carbocycles. The molecular weight excluding hydrogens is 472 g/mol. The third kappa shape index (κ3) is 8.17. The highest BCUT2D eigenvalue weighted by Gasteiger charge is 2.21. The number of hydrogen-bond donors (Lipinski definition) is 2. The van der Waals surface area contributed by atoms with E-state index in [9.17, 15) is 12.8 Å². The van der Waals surface area contributed by atoms with E-state index in [1.807, 2.05) is 0 Å². The zero-order valence-corrected chi connectivity index (χ0v) is 18.1. The third-order valence-corrected chi connectivity index (χ3v) is 5.61. The Morgan fingerprint density at radius 2 is 1.96 bits per heavy atom. The fourth-order valence-corrected chi connectivity index (χ4v) is 3.49. The van der Waals surface area contributed by atoms with Gasteiger partial charge < -0.3 is 15.4 Å². The van der Waals surface area contributed by atoms with Gasteiger partial charge in [0.25, 0.3) is 0 Å². The van der Waals surface area contributed by atoms with Crippen LogP contribution in [0.2, 0.25) is 0 Å². The molecule has 1 aromatic carbocycles. The van der Waals surface area contributed by atoms with Crippen LogP contribution in [-0.4, -0.2) is 53.5 Å². The molecule has 0 unspecified atom stereocenters. The summed E-state index contributed by atoms with van der Waals surface area (Å²) in [4.78, 5) is 3.77. The predicted molar refractivity (Wildman–Crippen MR) is 111 cm³/mol. The van der Waals surface area contributed by atoms with Crippen molar-refractivity contribution >= 4 is 39.8 Å². The minimum absolute atomic E-state index is 0. The van der Waals surface area contributed by atoms with Crippen molar-refractivity contribution in [3.63, 3.8) is 0 Å². The number of hydrogen-bond acceptors (Lipinski definition) is 4. The van der Waals surface area contributed by atoms with Crippen LogP contribution in [0.25, 0.3) is 0 Å². The Morgan fingerprint density at radius 3 is 2.62 bits per heavy atom. The number of benzene rings is 1. The Morgan fingerprint density at radius 1 is 1.27 bits per heavy atom. The first-order valence-electron chi connectivity index (χ1n) is 8.52. The monoisotopic (exact) mass is 499 g/mol. The molecule has 1 aliphatic rings. The summed E-state index contributed by atoms with van der Waals surface area (Å²) in [6, 6.07) is 5.40. The van der Waals surface area contributed by atoms with Crippen LogP contribution in [0.4, 0.5) is 4.39 Å². The molecule has 6 nitrogen and oxygen atoms in total. The average molecular weight is 499 g/mol. The molecule has 0 aromatic heterocycles. The SMILES string of the molecule is CN=C(NCCCOCC1CC1)NCCS(=O)(=O)c1ccccc1F.I. The van der Waals surface area contributed by atoms with E-state index in [-0.39, 0.29) is 41.2 Å². The normalized spacial score (nSPS) is 14.6. The van der Waals surface area contributed by atoms with Gasteiger partial charge in [0.1, 0.15) is 10.7 Å². The number of nitrogens with zero attached hydrogens (tertiary/aromatic N) is 1. The second-order valence-corrected chi connectivity index (χ2v) is 8.12. The summed E-state index contributed by atoms with van der Waals surface area (Å²) in [6.07, 6.45) is 3.41. The molecule has 0 atom stereocenters. The lowest BCUT2D eigenvalue weighted by molar-refractivity contribution is 0.123. The quantitative estimate of drug-likeness (QED) is 0.223. The molecule has 0 saturated heterocycles. The first-order chi connectivity index (χ1) is 12.0. The van der Waals surface area contributed by atoms with Crippen molar-refractivity contribution in [2.45, 2.75) is 24.2 Å². The van der Waals surface area contributed by atoms with Gasteiger partial charge in [0.2, 0.25) is 0 Å². The second kappa shape index (κ2) is 11.7. The highest BCUT2D eigenvalue weighted by molar-refractivity contribution is 14.0. The fourth-order valence-electron chi connectivity index (χ4n) is 2.25. The van der Waals surface area contributed by atoms with Gasteiger partial charge in [0.05, 0.1) is 5.75 Å². The number of rotatable bonds is 10. The maximum absolute atomic E-state index is 13.6. The van der Waals surface area contributed by atoms with Crippen LogP contribution in [0.1, 0.15) is 19.3 Å². The predicted octanol–water partition coefficient (Wildman–Crippen LogP) is 2.20. The number of guanidine groups is 1. The van der Waals surface area contributed by atoms with Gasteiger partial charge in [-0.05, 0) is 37.3 Å². The summed E-state index contributed by atoms with van der Waals surface area (Å²) in [7, 11) is -2.05. The van der Waals surface area contributed by atoms with E-state index in [2.05, 4.69) is 15.6 Å². The first kappa shape index (κ1) is 23.1. The molecular formula is C17H27FIN3O3S. The number of nitrogens with one attached hydrogen (secondary N) is 2. The summed E-state index contributed by atoms with van der Waals surface area (Å²) in [5, 5.41) is 6.03. The summed E-state index contributed by atoms with van der Waals surface area (Å²) < 4.78 is 43.5. The number of halogens is 2. The maximum Gasteiger partial charge on any atom is 0.191 e. The fraction of sp³-hybridized carbons (Fsp3) is 0.588. The highest BCUT2D eigenvalue weighted by atomic mass is 127. The van der Waals surface area contributed by atoms with Gasteiger partial charge in [0.15, 0.2) is 15.8 Å². The molecule has 9 heteroatoms. The van der Waals surface area contributed by atoms with Crippen LogP contribution < -0.4 is 10.6 Å². The number of sulfone groups is 1. The molecule has 0 spiro atoms. The molecule has 2 rings (SSSR count). The van der Waals surface area contributed by atoms with Crippen molar-refractivity contribution in [3.8, 4) is 0 Å². The van der Waals surface area contributed by atoms with Gasteiger partial charge in [-0.1, -0.05) is 12.1 Å². The van der Waals surface area contributed by atoms with E-state index in [0.29, 0.717) is 19.1 Å². The smallest absolute Gasteiger partial charge is 0.191 e. The highest BCUT2D eigenvalue weighted by Crippen LogP contribution is 2.28. The lowest BCUT2D eigenvalue weighted by atomic mass is 10.3. The van der Waals surface area contributed by atoms with Gasteiger partial charge in [-0.2, -0.15) is 0 Å². The molecule has 2 N–H and O–H groups in total. The lowest BCUT2D eigenvalue weighted by Crippen LogP contribution is -2.40. The number of aliphatic imine (C=N–C) groups is 1. The molecule has 1 fully saturated rings. The maximum atomic E-state index is 13.6. The molecule has 0 bridgehead atoms. The molecule has 0 aliphatic heterocycles. The summed E-state index contributed by atoms with van der Waals surface area (Å²) in [5.41, 5.74) is 0. The Labute approximate surface area is 171 Å².